The molecule has 6 heteroatoms. The fourth-order valence-electron chi connectivity index (χ4n) is 0. The molecule has 2 N–H and O–H groups in total. The van der Waals surface area contributed by atoms with E-state index in [0.29, 0.717) is 0 Å². The molecule has 0 aromatic carbocycles. The molecule has 0 aromatic rings. The monoisotopic (exact) mass is 259 g/mol. The largest absolute Gasteiger partial charge is 0.412 e. The topological polar surface area (TPSA) is 40.7 Å². The molecule has 0 saturated carbocycles. The molecule has 0 rings (SSSR count). The van der Waals surface area contributed by atoms with Gasteiger partial charge in [-0.1, -0.05) is 0 Å². The molecule has 0 heterocycles. The average Bonchev–Trinajstić information content (AvgIpc) is 1.38. The Morgan fingerprint density at radius 2 is 1.50 bits per heavy atom. The first-order chi connectivity index (χ1) is 2.27. The third-order valence-electron chi connectivity index (χ3n) is 0.0583. The minimum atomic E-state index is -2.37. The van der Waals surface area contributed by atoms with Crippen LogP contribution < -0.4 is 0 Å². The quantitative estimate of drug-likeness (QED) is 0.642. The van der Waals surface area contributed by atoms with Crippen molar-refractivity contribution in [1.82, 2.24) is 0 Å². The first-order valence-electron chi connectivity index (χ1n) is 0.736. The Labute approximate surface area is 55.5 Å². The van der Waals surface area contributed by atoms with Crippen molar-refractivity contribution in [2.24, 2.45) is 0 Å². The fourth-order valence-corrected chi connectivity index (χ4v) is 0. The van der Waals surface area contributed by atoms with Crippen LogP contribution in [0.25, 0.3) is 0 Å². The maximum atomic E-state index is 5.07. The van der Waals surface area contributed by atoms with E-state index in [0.717, 1.165) is 0 Å². The van der Waals surface area contributed by atoms with Crippen molar-refractivity contribution in [3.63, 3.8) is 0 Å². The zero-order valence-electron chi connectivity index (χ0n) is 2.54. The second-order valence-electron chi connectivity index (χ2n) is 0.303. The van der Waals surface area contributed by atoms with Crippen molar-refractivity contribution < 1.29 is 8.10 Å². The van der Waals surface area contributed by atoms with Gasteiger partial charge in [0.1, 0.15) is 0 Å². The van der Waals surface area contributed by atoms with Gasteiger partial charge in [-0.3, -0.25) is 0 Å². The Balaban J connectivity index is 0. The van der Waals surface area contributed by atoms with Crippen LogP contribution in [0.5, 0.6) is 0 Å². The summed E-state index contributed by atoms with van der Waals surface area (Å²) in [5.41, 5.74) is 0. The normalized spacial score (nSPS) is 8.00. The predicted molar refractivity (Wildman–Crippen MR) is 28.0 cm³/mol. The Kier molecular flexibility index (Phi) is 11.6. The van der Waals surface area contributed by atoms with Crippen LogP contribution in [0.2, 0.25) is 0 Å². The van der Waals surface area contributed by atoms with Gasteiger partial charge < -0.3 is 5.48 Å². The third kappa shape index (κ3) is 9.14. The molecule has 1 radical (unpaired) electrons. The van der Waals surface area contributed by atoms with E-state index in [9.17, 15) is 0 Å². The third-order valence-corrected chi connectivity index (χ3v) is 3.52. The van der Waals surface area contributed by atoms with E-state index < -0.39 is 17.9 Å². The van der Waals surface area contributed by atoms with E-state index >= 15 is 0 Å². The summed E-state index contributed by atoms with van der Waals surface area (Å²) in [5, 5.41) is 0. The van der Waals surface area contributed by atoms with Crippen LogP contribution in [-0.4, -0.2) is 23.4 Å². The molecule has 0 amide bonds. The molecule has 2 nitrogen and oxygen atoms in total. The summed E-state index contributed by atoms with van der Waals surface area (Å²) < 4.78 is 3.95. The molecule has 39 valence electrons. The molecular weight excluding hydrogens is 257 g/mol. The molecule has 0 aliphatic heterocycles. The molecule has 6 heavy (non-hydrogen) atoms. The van der Waals surface area contributed by atoms with Gasteiger partial charge in [0.15, 0.2) is 0 Å². The molecule has 0 aliphatic rings. The second kappa shape index (κ2) is 6.59. The molecule has 0 bridgehead atoms. The standard InChI is InChI=1S/ClO.2ClH.H2O.Sn/c1-2;;;;/h;2*1H;1H2;/q-1;;;;+3/p-2. The summed E-state index contributed by atoms with van der Waals surface area (Å²) >= 11 is 2.29. The van der Waals surface area contributed by atoms with Gasteiger partial charge in [0.05, 0.1) is 0 Å². The van der Waals surface area contributed by atoms with Gasteiger partial charge in [-0.2, -0.15) is 0 Å². The Morgan fingerprint density at radius 3 is 1.50 bits per heavy atom. The van der Waals surface area contributed by atoms with Crippen molar-refractivity contribution in [3.05, 3.63) is 0 Å². The van der Waals surface area contributed by atoms with E-state index in [2.05, 4.69) is 14.5 Å². The summed E-state index contributed by atoms with van der Waals surface area (Å²) in [4.78, 5) is 0. The summed E-state index contributed by atoms with van der Waals surface area (Å²) in [6, 6.07) is 0. The van der Waals surface area contributed by atoms with Crippen LogP contribution in [0.3, 0.4) is 0 Å². The molecule has 0 aromatic heterocycles. The van der Waals surface area contributed by atoms with E-state index in [1.54, 1.807) is 0 Å². The maximum absolute atomic E-state index is 5.07. The van der Waals surface area contributed by atoms with Gasteiger partial charge >= 0.3 is 50.3 Å². The molecule has 0 fully saturated rings. The van der Waals surface area contributed by atoms with Crippen LogP contribution >= 0.6 is 29.7 Å². The van der Waals surface area contributed by atoms with Gasteiger partial charge in [-0.15, -0.1) is 0 Å². The van der Waals surface area contributed by atoms with Crippen molar-refractivity contribution in [3.8, 4) is 0 Å². The Hall–Kier alpha value is 1.59. The molecule has 0 spiro atoms. The summed E-state index contributed by atoms with van der Waals surface area (Å²) in [5.74, 6) is 0. The van der Waals surface area contributed by atoms with E-state index in [1.165, 1.54) is 0 Å². The molecule has 0 atom stereocenters. The molecule has 0 unspecified atom stereocenters. The SMILES string of the molecule is Cl[O][Sn]([Cl])[Cl].O. The van der Waals surface area contributed by atoms with Crippen molar-refractivity contribution >= 4 is 47.6 Å². The second-order valence-corrected chi connectivity index (χ2v) is 8.97. The number of hydrogen-bond acceptors (Lipinski definition) is 1. The average molecular weight is 259 g/mol. The van der Waals surface area contributed by atoms with Crippen LogP contribution in [0.15, 0.2) is 0 Å². The van der Waals surface area contributed by atoms with Gasteiger partial charge in [-0.05, 0) is 0 Å². The van der Waals surface area contributed by atoms with Gasteiger partial charge in [0.2, 0.25) is 0 Å². The number of rotatable bonds is 1. The van der Waals surface area contributed by atoms with Crippen LogP contribution in [0.4, 0.5) is 0 Å². The molecule has 0 aliphatic carbocycles. The van der Waals surface area contributed by atoms with Gasteiger partial charge in [0.25, 0.3) is 0 Å². The van der Waals surface area contributed by atoms with Crippen molar-refractivity contribution in [1.29, 1.82) is 0 Å². The summed E-state index contributed by atoms with van der Waals surface area (Å²) in [7, 11) is 10.1. The van der Waals surface area contributed by atoms with Crippen molar-refractivity contribution in [2.45, 2.75) is 0 Å². The summed E-state index contributed by atoms with van der Waals surface area (Å²) in [6.45, 7) is 0. The number of hydrogen-bond donors (Lipinski definition) is 0. The first-order valence-corrected chi connectivity index (χ1v) is 9.44. The maximum Gasteiger partial charge on any atom is -0.412 e. The van der Waals surface area contributed by atoms with Crippen LogP contribution in [0, 0.1) is 0 Å². The Bertz CT molecular complexity index is 22.8. The molecular formula is H2Cl3O2Sn. The van der Waals surface area contributed by atoms with Gasteiger partial charge in [0, 0.05) is 0 Å². The van der Waals surface area contributed by atoms with Crippen LogP contribution in [0.1, 0.15) is 0 Å². The molecule has 0 saturated heterocycles. The number of halogens is 3. The fraction of sp³-hybridized carbons (Fsp3) is 0. The Morgan fingerprint density at radius 1 is 1.33 bits per heavy atom. The predicted octanol–water partition coefficient (Wildman–Crippen LogP) is 0.795. The minimum absolute atomic E-state index is 0. The van der Waals surface area contributed by atoms with Crippen LogP contribution in [-0.2, 0) is 2.63 Å². The smallest absolute Gasteiger partial charge is 0.412 e. The first kappa shape index (κ1) is 10.5. The minimum Gasteiger partial charge on any atom is -0.412 e. The van der Waals surface area contributed by atoms with E-state index in [4.69, 9.17) is 17.8 Å². The zero-order valence-corrected chi connectivity index (χ0v) is 7.66. The summed E-state index contributed by atoms with van der Waals surface area (Å²) in [6.07, 6.45) is 0. The van der Waals surface area contributed by atoms with Gasteiger partial charge in [-0.25, -0.2) is 0 Å². The van der Waals surface area contributed by atoms with E-state index in [1.807, 2.05) is 0 Å². The van der Waals surface area contributed by atoms with E-state index in [-0.39, 0.29) is 5.48 Å². The van der Waals surface area contributed by atoms with Crippen molar-refractivity contribution in [2.75, 3.05) is 0 Å². The zero-order chi connectivity index (χ0) is 4.28.